The van der Waals surface area contributed by atoms with Gasteiger partial charge in [-0.25, -0.2) is 4.79 Å². The van der Waals surface area contributed by atoms with E-state index < -0.39 is 11.6 Å². The second-order valence-electron chi connectivity index (χ2n) is 5.00. The molecule has 0 radical (unpaired) electrons. The molecule has 0 fully saturated rings. The summed E-state index contributed by atoms with van der Waals surface area (Å²) in [6, 6.07) is 9.59. The highest BCUT2D eigenvalue weighted by Crippen LogP contribution is 2.35. The van der Waals surface area contributed by atoms with Crippen LogP contribution in [0.25, 0.3) is 0 Å². The normalized spacial score (nSPS) is 16.1. The molecule has 0 bridgehead atoms. The third kappa shape index (κ3) is 3.10. The van der Waals surface area contributed by atoms with Gasteiger partial charge in [-0.15, -0.1) is 0 Å². The number of carbonyl (C=O) groups excluding carboxylic acids is 1. The van der Waals surface area contributed by atoms with Crippen LogP contribution in [-0.2, 0) is 9.53 Å². The van der Waals surface area contributed by atoms with Gasteiger partial charge in [0.05, 0.1) is 6.61 Å². The Hall–Kier alpha value is -1.35. The molecule has 3 nitrogen and oxygen atoms in total. The predicted octanol–water partition coefficient (Wildman–Crippen LogP) is 2.74. The molecule has 0 amide bonds. The van der Waals surface area contributed by atoms with Gasteiger partial charge < -0.3 is 9.84 Å². The lowest BCUT2D eigenvalue weighted by atomic mass is 9.76. The van der Waals surface area contributed by atoms with Crippen molar-refractivity contribution in [1.29, 1.82) is 0 Å². The van der Waals surface area contributed by atoms with E-state index in [-0.39, 0.29) is 18.4 Å². The molecule has 100 valence electrons. The fourth-order valence-electron chi connectivity index (χ4n) is 2.42. The van der Waals surface area contributed by atoms with Crippen LogP contribution >= 0.6 is 0 Å². The number of benzene rings is 1. The minimum atomic E-state index is -1.51. The Kier molecular flexibility index (Phi) is 4.91. The summed E-state index contributed by atoms with van der Waals surface area (Å²) in [7, 11) is 0. The van der Waals surface area contributed by atoms with Crippen molar-refractivity contribution < 1.29 is 14.6 Å². The highest BCUT2D eigenvalue weighted by molar-refractivity contribution is 5.80. The van der Waals surface area contributed by atoms with Gasteiger partial charge >= 0.3 is 5.97 Å². The molecular formula is C15H22O3. The molecule has 1 N–H and O–H groups in total. The number of aliphatic hydroxyl groups is 1. The average Bonchev–Trinajstić information content (AvgIpc) is 2.30. The summed E-state index contributed by atoms with van der Waals surface area (Å²) in [6.45, 7) is 7.52. The van der Waals surface area contributed by atoms with E-state index in [1.165, 1.54) is 6.92 Å². The van der Waals surface area contributed by atoms with Crippen LogP contribution in [-0.4, -0.2) is 23.3 Å². The van der Waals surface area contributed by atoms with E-state index in [0.29, 0.717) is 0 Å². The Morgan fingerprint density at radius 1 is 1.33 bits per heavy atom. The Balaban J connectivity index is 3.09. The molecule has 1 aromatic carbocycles. The van der Waals surface area contributed by atoms with Crippen LogP contribution < -0.4 is 0 Å². The van der Waals surface area contributed by atoms with Crippen LogP contribution in [0.5, 0.6) is 0 Å². The lowest BCUT2D eigenvalue weighted by Gasteiger charge is -2.34. The first-order chi connectivity index (χ1) is 8.41. The Labute approximate surface area is 109 Å². The van der Waals surface area contributed by atoms with Crippen LogP contribution in [0.15, 0.2) is 30.3 Å². The smallest absolute Gasteiger partial charge is 0.338 e. The summed E-state index contributed by atoms with van der Waals surface area (Å²) < 4.78 is 4.97. The molecule has 18 heavy (non-hydrogen) atoms. The standard InChI is InChI=1S/C15H22O3/c1-5-18-14(16)15(4,17)13(11(2)3)12-9-7-6-8-10-12/h6-11,13,17H,5H2,1-4H3. The molecule has 1 rings (SSSR count). The van der Waals surface area contributed by atoms with Crippen LogP contribution in [0, 0.1) is 5.92 Å². The fourth-order valence-corrected chi connectivity index (χ4v) is 2.42. The quantitative estimate of drug-likeness (QED) is 0.817. The van der Waals surface area contributed by atoms with Crippen LogP contribution in [0.3, 0.4) is 0 Å². The van der Waals surface area contributed by atoms with Crippen molar-refractivity contribution >= 4 is 5.97 Å². The SMILES string of the molecule is CCOC(=O)C(C)(O)C(c1ccccc1)C(C)C. The topological polar surface area (TPSA) is 46.5 Å². The van der Waals surface area contributed by atoms with Crippen molar-refractivity contribution in [2.24, 2.45) is 5.92 Å². The molecule has 0 aliphatic carbocycles. The number of ether oxygens (including phenoxy) is 1. The molecule has 0 saturated heterocycles. The maximum absolute atomic E-state index is 11.9. The zero-order valence-corrected chi connectivity index (χ0v) is 11.5. The second-order valence-corrected chi connectivity index (χ2v) is 5.00. The maximum Gasteiger partial charge on any atom is 0.338 e. The van der Waals surface area contributed by atoms with Gasteiger partial charge in [0.1, 0.15) is 0 Å². The largest absolute Gasteiger partial charge is 0.464 e. The van der Waals surface area contributed by atoms with Crippen molar-refractivity contribution in [3.8, 4) is 0 Å². The molecule has 0 heterocycles. The van der Waals surface area contributed by atoms with Gasteiger partial charge in [-0.1, -0.05) is 44.2 Å². The lowest BCUT2D eigenvalue weighted by molar-refractivity contribution is -0.167. The Morgan fingerprint density at radius 2 is 1.89 bits per heavy atom. The van der Waals surface area contributed by atoms with Crippen LogP contribution in [0.4, 0.5) is 0 Å². The van der Waals surface area contributed by atoms with Crippen LogP contribution in [0.2, 0.25) is 0 Å². The summed E-state index contributed by atoms with van der Waals surface area (Å²) in [5, 5.41) is 10.5. The summed E-state index contributed by atoms with van der Waals surface area (Å²) in [4.78, 5) is 11.9. The summed E-state index contributed by atoms with van der Waals surface area (Å²) >= 11 is 0. The highest BCUT2D eigenvalue weighted by atomic mass is 16.5. The van der Waals surface area contributed by atoms with Crippen molar-refractivity contribution in [3.63, 3.8) is 0 Å². The predicted molar refractivity (Wildman–Crippen MR) is 71.3 cm³/mol. The van der Waals surface area contributed by atoms with Gasteiger partial charge in [-0.05, 0) is 25.3 Å². The van der Waals surface area contributed by atoms with E-state index >= 15 is 0 Å². The molecule has 2 atom stereocenters. The number of hydrogen-bond acceptors (Lipinski definition) is 3. The number of esters is 1. The van der Waals surface area contributed by atoms with Crippen molar-refractivity contribution in [2.75, 3.05) is 6.61 Å². The summed E-state index contributed by atoms with van der Waals surface area (Å²) in [6.07, 6.45) is 0. The van der Waals surface area contributed by atoms with E-state index in [4.69, 9.17) is 4.74 Å². The van der Waals surface area contributed by atoms with E-state index in [1.807, 2.05) is 44.2 Å². The first-order valence-corrected chi connectivity index (χ1v) is 6.35. The van der Waals surface area contributed by atoms with Gasteiger partial charge in [-0.2, -0.15) is 0 Å². The first-order valence-electron chi connectivity index (χ1n) is 6.35. The molecule has 0 spiro atoms. The van der Waals surface area contributed by atoms with E-state index in [0.717, 1.165) is 5.56 Å². The van der Waals surface area contributed by atoms with Gasteiger partial charge in [0.2, 0.25) is 0 Å². The molecule has 0 saturated carbocycles. The monoisotopic (exact) mass is 250 g/mol. The van der Waals surface area contributed by atoms with E-state index in [1.54, 1.807) is 6.92 Å². The van der Waals surface area contributed by atoms with Gasteiger partial charge in [-0.3, -0.25) is 0 Å². The molecule has 2 unspecified atom stereocenters. The highest BCUT2D eigenvalue weighted by Gasteiger charge is 2.43. The van der Waals surface area contributed by atoms with Crippen molar-refractivity contribution in [2.45, 2.75) is 39.2 Å². The fraction of sp³-hybridized carbons (Fsp3) is 0.533. The molecule has 1 aromatic rings. The van der Waals surface area contributed by atoms with Gasteiger partial charge in [0.15, 0.2) is 5.60 Å². The number of hydrogen-bond donors (Lipinski definition) is 1. The minimum absolute atomic E-state index is 0.131. The van der Waals surface area contributed by atoms with E-state index in [9.17, 15) is 9.90 Å². The summed E-state index contributed by atoms with van der Waals surface area (Å²) in [5.74, 6) is -0.711. The Bertz CT molecular complexity index is 382. The minimum Gasteiger partial charge on any atom is -0.464 e. The van der Waals surface area contributed by atoms with Crippen molar-refractivity contribution in [3.05, 3.63) is 35.9 Å². The third-order valence-electron chi connectivity index (χ3n) is 3.12. The molecule has 3 heteroatoms. The lowest BCUT2D eigenvalue weighted by Crippen LogP contribution is -2.45. The zero-order chi connectivity index (χ0) is 13.8. The molecule has 0 aliphatic rings. The molecule has 0 aliphatic heterocycles. The second kappa shape index (κ2) is 6.01. The average molecular weight is 250 g/mol. The van der Waals surface area contributed by atoms with E-state index in [2.05, 4.69) is 0 Å². The first kappa shape index (κ1) is 14.7. The zero-order valence-electron chi connectivity index (χ0n) is 11.5. The van der Waals surface area contributed by atoms with Gasteiger partial charge in [0, 0.05) is 5.92 Å². The van der Waals surface area contributed by atoms with Crippen molar-refractivity contribution in [1.82, 2.24) is 0 Å². The molecule has 0 aromatic heterocycles. The number of carbonyl (C=O) groups is 1. The molecular weight excluding hydrogens is 228 g/mol. The number of rotatable bonds is 5. The summed E-state index contributed by atoms with van der Waals surface area (Å²) in [5.41, 5.74) is -0.559. The maximum atomic E-state index is 11.9. The third-order valence-corrected chi connectivity index (χ3v) is 3.12. The van der Waals surface area contributed by atoms with Gasteiger partial charge in [0.25, 0.3) is 0 Å². The Morgan fingerprint density at radius 3 is 2.33 bits per heavy atom. The van der Waals surface area contributed by atoms with Crippen LogP contribution in [0.1, 0.15) is 39.2 Å².